The third kappa shape index (κ3) is 3.84. The Labute approximate surface area is 125 Å². The fourth-order valence-electron chi connectivity index (χ4n) is 2.95. The van der Waals surface area contributed by atoms with Gasteiger partial charge in [0.25, 0.3) is 5.91 Å². The Morgan fingerprint density at radius 1 is 1.38 bits per heavy atom. The van der Waals surface area contributed by atoms with Crippen LogP contribution in [0.25, 0.3) is 0 Å². The second-order valence-corrected chi connectivity index (χ2v) is 6.32. The van der Waals surface area contributed by atoms with Crippen LogP contribution in [0.4, 0.5) is 0 Å². The van der Waals surface area contributed by atoms with Crippen LogP contribution in [-0.2, 0) is 4.74 Å². The zero-order chi connectivity index (χ0) is 14.7. The topological polar surface area (TPSA) is 64.4 Å². The van der Waals surface area contributed by atoms with Gasteiger partial charge in [-0.15, -0.1) is 0 Å². The van der Waals surface area contributed by atoms with Crippen molar-refractivity contribution in [2.24, 2.45) is 5.92 Å². The van der Waals surface area contributed by atoms with Crippen molar-refractivity contribution in [1.29, 1.82) is 0 Å². The van der Waals surface area contributed by atoms with Crippen molar-refractivity contribution in [3.63, 3.8) is 0 Å². The summed E-state index contributed by atoms with van der Waals surface area (Å²) in [6.45, 7) is 3.33. The summed E-state index contributed by atoms with van der Waals surface area (Å²) in [6, 6.07) is 1.76. The molecule has 0 aromatic carbocycles. The summed E-state index contributed by atoms with van der Waals surface area (Å²) in [4.78, 5) is 11.9. The van der Waals surface area contributed by atoms with Gasteiger partial charge < -0.3 is 14.6 Å². The second-order valence-electron chi connectivity index (χ2n) is 6.32. The summed E-state index contributed by atoms with van der Waals surface area (Å²) >= 11 is 0. The lowest BCUT2D eigenvalue weighted by Crippen LogP contribution is -2.31. The van der Waals surface area contributed by atoms with Gasteiger partial charge in [0.05, 0.1) is 12.7 Å². The van der Waals surface area contributed by atoms with E-state index in [-0.39, 0.29) is 5.91 Å². The van der Waals surface area contributed by atoms with E-state index in [1.165, 1.54) is 19.3 Å². The number of ether oxygens (including phenoxy) is 1. The van der Waals surface area contributed by atoms with Crippen LogP contribution in [0, 0.1) is 5.92 Å². The molecule has 21 heavy (non-hydrogen) atoms. The molecule has 0 aliphatic heterocycles. The molecule has 3 rings (SSSR count). The highest BCUT2D eigenvalue weighted by molar-refractivity contribution is 5.92. The maximum absolute atomic E-state index is 11.9. The number of hydrogen-bond acceptors (Lipinski definition) is 4. The molecular formula is C16H24N2O3. The van der Waals surface area contributed by atoms with E-state index in [0.29, 0.717) is 36.8 Å². The molecule has 1 heterocycles. The van der Waals surface area contributed by atoms with Gasteiger partial charge >= 0.3 is 0 Å². The van der Waals surface area contributed by atoms with Crippen LogP contribution in [0.5, 0.6) is 0 Å². The summed E-state index contributed by atoms with van der Waals surface area (Å²) in [6.07, 6.45) is 7.60. The third-order valence-electron chi connectivity index (χ3n) is 4.49. The molecule has 1 N–H and O–H groups in total. The Balaban J connectivity index is 1.37. The van der Waals surface area contributed by atoms with Crippen LogP contribution in [-0.4, -0.2) is 30.3 Å². The molecule has 0 unspecified atom stereocenters. The van der Waals surface area contributed by atoms with E-state index in [2.05, 4.69) is 17.4 Å². The molecular weight excluding hydrogens is 268 g/mol. The molecule has 1 aromatic heterocycles. The van der Waals surface area contributed by atoms with Crippen LogP contribution in [0.15, 0.2) is 10.6 Å². The molecule has 5 nitrogen and oxygen atoms in total. The van der Waals surface area contributed by atoms with E-state index in [0.717, 1.165) is 25.0 Å². The summed E-state index contributed by atoms with van der Waals surface area (Å²) < 4.78 is 11.1. The normalized spacial score (nSPS) is 25.8. The molecule has 2 fully saturated rings. The third-order valence-corrected chi connectivity index (χ3v) is 4.49. The van der Waals surface area contributed by atoms with Crippen molar-refractivity contribution in [3.05, 3.63) is 17.5 Å². The van der Waals surface area contributed by atoms with Gasteiger partial charge in [-0.05, 0) is 31.6 Å². The molecule has 2 aliphatic carbocycles. The first-order valence-electron chi connectivity index (χ1n) is 8.10. The summed E-state index contributed by atoms with van der Waals surface area (Å²) in [5.74, 6) is 1.78. The van der Waals surface area contributed by atoms with Crippen LogP contribution in [0.1, 0.15) is 67.6 Å². The van der Waals surface area contributed by atoms with Crippen molar-refractivity contribution in [3.8, 4) is 0 Å². The largest absolute Gasteiger partial charge is 0.376 e. The van der Waals surface area contributed by atoms with Crippen LogP contribution in [0.3, 0.4) is 0 Å². The molecule has 0 spiro atoms. The number of hydrogen-bond donors (Lipinski definition) is 1. The molecule has 116 valence electrons. The van der Waals surface area contributed by atoms with Crippen molar-refractivity contribution in [2.75, 3.05) is 13.2 Å². The lowest BCUT2D eigenvalue weighted by molar-refractivity contribution is -0.00296. The van der Waals surface area contributed by atoms with Crippen LogP contribution < -0.4 is 5.32 Å². The first-order valence-corrected chi connectivity index (χ1v) is 8.10. The minimum atomic E-state index is -0.175. The number of carbonyl (C=O) groups excluding carboxylic acids is 1. The predicted molar refractivity (Wildman–Crippen MR) is 78.2 cm³/mol. The maximum Gasteiger partial charge on any atom is 0.273 e. The van der Waals surface area contributed by atoms with E-state index < -0.39 is 0 Å². The van der Waals surface area contributed by atoms with Gasteiger partial charge in [-0.1, -0.05) is 24.9 Å². The fourth-order valence-corrected chi connectivity index (χ4v) is 2.95. The molecule has 5 heteroatoms. The number of nitrogens with one attached hydrogen (secondary N) is 1. The second kappa shape index (κ2) is 6.60. The average molecular weight is 292 g/mol. The highest BCUT2D eigenvalue weighted by Gasteiger charge is 2.28. The SMILES string of the molecule is C[C@@H]1CCCC[C@H]1OCCNC(=O)c1cc(C2CC2)on1. The van der Waals surface area contributed by atoms with Gasteiger partial charge in [-0.3, -0.25) is 4.79 Å². The zero-order valence-electron chi connectivity index (χ0n) is 12.6. The molecule has 2 saturated carbocycles. The minimum Gasteiger partial charge on any atom is -0.376 e. The summed E-state index contributed by atoms with van der Waals surface area (Å²) in [7, 11) is 0. The monoisotopic (exact) mass is 292 g/mol. The number of amides is 1. The van der Waals surface area contributed by atoms with Gasteiger partial charge in [0.15, 0.2) is 5.69 Å². The fraction of sp³-hybridized carbons (Fsp3) is 0.750. The van der Waals surface area contributed by atoms with Crippen molar-refractivity contribution in [1.82, 2.24) is 10.5 Å². The van der Waals surface area contributed by atoms with E-state index in [4.69, 9.17) is 9.26 Å². The smallest absolute Gasteiger partial charge is 0.273 e. The van der Waals surface area contributed by atoms with Gasteiger partial charge in [0.2, 0.25) is 0 Å². The van der Waals surface area contributed by atoms with Gasteiger partial charge in [-0.25, -0.2) is 0 Å². The Kier molecular flexibility index (Phi) is 4.58. The summed E-state index contributed by atoms with van der Waals surface area (Å²) in [5.41, 5.74) is 0.378. The quantitative estimate of drug-likeness (QED) is 0.819. The highest BCUT2D eigenvalue weighted by atomic mass is 16.5. The van der Waals surface area contributed by atoms with Crippen molar-refractivity contribution in [2.45, 2.75) is 57.5 Å². The maximum atomic E-state index is 11.9. The molecule has 1 amide bonds. The molecule has 0 saturated heterocycles. The Hall–Kier alpha value is -1.36. The van der Waals surface area contributed by atoms with Crippen LogP contribution >= 0.6 is 0 Å². The zero-order valence-corrected chi connectivity index (χ0v) is 12.6. The summed E-state index contributed by atoms with van der Waals surface area (Å²) in [5, 5.41) is 6.67. The standard InChI is InChI=1S/C16H24N2O3/c1-11-4-2-3-5-14(11)20-9-8-17-16(19)13-10-15(21-18-13)12-6-7-12/h10-12,14H,2-9H2,1H3,(H,17,19)/t11-,14-/m1/s1. The Bertz CT molecular complexity index is 482. The lowest BCUT2D eigenvalue weighted by atomic mass is 9.88. The molecule has 0 bridgehead atoms. The highest BCUT2D eigenvalue weighted by Crippen LogP contribution is 2.40. The minimum absolute atomic E-state index is 0.175. The van der Waals surface area contributed by atoms with Crippen molar-refractivity contribution >= 4 is 5.91 Å². The first kappa shape index (κ1) is 14.6. The van der Waals surface area contributed by atoms with E-state index in [1.807, 2.05) is 0 Å². The molecule has 2 aliphatic rings. The van der Waals surface area contributed by atoms with E-state index in [1.54, 1.807) is 6.07 Å². The van der Waals surface area contributed by atoms with Gasteiger partial charge in [-0.2, -0.15) is 0 Å². The Morgan fingerprint density at radius 2 is 2.19 bits per heavy atom. The number of rotatable bonds is 6. The number of carbonyl (C=O) groups is 1. The lowest BCUT2D eigenvalue weighted by Gasteiger charge is -2.28. The number of nitrogens with zero attached hydrogens (tertiary/aromatic N) is 1. The predicted octanol–water partition coefficient (Wildman–Crippen LogP) is 2.88. The Morgan fingerprint density at radius 3 is 2.95 bits per heavy atom. The van der Waals surface area contributed by atoms with Crippen molar-refractivity contribution < 1.29 is 14.1 Å². The van der Waals surface area contributed by atoms with E-state index in [9.17, 15) is 4.79 Å². The van der Waals surface area contributed by atoms with Gasteiger partial charge in [0, 0.05) is 18.5 Å². The van der Waals surface area contributed by atoms with E-state index >= 15 is 0 Å². The molecule has 2 atom stereocenters. The molecule has 1 aromatic rings. The first-order chi connectivity index (χ1) is 10.2. The average Bonchev–Trinajstić information content (AvgIpc) is 3.22. The van der Waals surface area contributed by atoms with Crippen LogP contribution in [0.2, 0.25) is 0 Å². The molecule has 0 radical (unpaired) electrons. The van der Waals surface area contributed by atoms with Gasteiger partial charge in [0.1, 0.15) is 5.76 Å². The number of aromatic nitrogens is 1.